The number of piperidine rings is 1. The predicted molar refractivity (Wildman–Crippen MR) is 145 cm³/mol. The molecule has 0 aromatic heterocycles. The molecule has 0 spiro atoms. The van der Waals surface area contributed by atoms with Crippen LogP contribution in [0.15, 0.2) is 35.5 Å². The second-order valence-corrected chi connectivity index (χ2v) is 9.69. The number of allylic oxidation sites excluding steroid dienone is 1. The van der Waals surface area contributed by atoms with Gasteiger partial charge in [-0.05, 0) is 50.2 Å². The van der Waals surface area contributed by atoms with Crippen molar-refractivity contribution in [2.45, 2.75) is 64.4 Å². The lowest BCUT2D eigenvalue weighted by Crippen LogP contribution is -2.37. The van der Waals surface area contributed by atoms with Gasteiger partial charge < -0.3 is 29.4 Å². The summed E-state index contributed by atoms with van der Waals surface area (Å²) in [4.78, 5) is 32.6. The largest absolute Gasteiger partial charge is 0.507 e. The van der Waals surface area contributed by atoms with E-state index in [0.29, 0.717) is 38.2 Å². The number of likely N-dealkylation sites (tertiary alicyclic amines) is 1. The highest BCUT2D eigenvalue weighted by Gasteiger charge is 2.25. The molecule has 1 amide bonds. The van der Waals surface area contributed by atoms with Gasteiger partial charge >= 0.3 is 5.97 Å². The van der Waals surface area contributed by atoms with E-state index in [0.717, 1.165) is 38.2 Å². The number of aromatic hydroxyl groups is 2. The molecule has 208 valence electrons. The highest BCUT2D eigenvalue weighted by molar-refractivity contribution is 6.33. The SMILES string of the molecule is CCCCOC1/C=C/CCOC(=O)c2c(O)cc(O)c(Cl)c2CC(=N/OCC(=O)N2CCCCC2)/C=C/C1. The van der Waals surface area contributed by atoms with Gasteiger partial charge in [0.15, 0.2) is 6.61 Å². The molecule has 0 aliphatic carbocycles. The molecule has 2 aliphatic heterocycles. The van der Waals surface area contributed by atoms with Gasteiger partial charge in [-0.3, -0.25) is 4.79 Å². The van der Waals surface area contributed by atoms with E-state index in [1.54, 1.807) is 11.0 Å². The highest BCUT2D eigenvalue weighted by Crippen LogP contribution is 2.37. The summed E-state index contributed by atoms with van der Waals surface area (Å²) >= 11 is 6.36. The van der Waals surface area contributed by atoms with Crippen molar-refractivity contribution in [2.24, 2.45) is 5.16 Å². The lowest BCUT2D eigenvalue weighted by Gasteiger charge is -2.26. The lowest BCUT2D eigenvalue weighted by atomic mass is 9.99. The molecule has 38 heavy (non-hydrogen) atoms. The topological polar surface area (TPSA) is 118 Å². The Hall–Kier alpha value is -3.04. The third-order valence-electron chi connectivity index (χ3n) is 6.34. The van der Waals surface area contributed by atoms with Crippen LogP contribution in [-0.2, 0) is 25.5 Å². The minimum Gasteiger partial charge on any atom is -0.507 e. The van der Waals surface area contributed by atoms with Crippen molar-refractivity contribution in [3.05, 3.63) is 46.5 Å². The van der Waals surface area contributed by atoms with Gasteiger partial charge in [0.25, 0.3) is 5.91 Å². The molecular weight excluding hydrogens is 512 g/mol. The van der Waals surface area contributed by atoms with Gasteiger partial charge in [0, 0.05) is 32.2 Å². The van der Waals surface area contributed by atoms with E-state index >= 15 is 0 Å². The van der Waals surface area contributed by atoms with Crippen molar-refractivity contribution in [3.8, 4) is 11.5 Å². The fourth-order valence-corrected chi connectivity index (χ4v) is 4.46. The van der Waals surface area contributed by atoms with Crippen LogP contribution >= 0.6 is 11.6 Å². The average Bonchev–Trinajstić information content (AvgIpc) is 2.90. The minimum absolute atomic E-state index is 0.0587. The Morgan fingerprint density at radius 1 is 1.21 bits per heavy atom. The molecule has 1 saturated heterocycles. The number of carbonyl (C=O) groups is 2. The molecule has 1 fully saturated rings. The number of halogens is 1. The summed E-state index contributed by atoms with van der Waals surface area (Å²) in [6.45, 7) is 3.99. The Kier molecular flexibility index (Phi) is 12.0. The van der Waals surface area contributed by atoms with E-state index in [1.807, 2.05) is 18.2 Å². The van der Waals surface area contributed by atoms with Crippen LogP contribution in [0.1, 0.15) is 67.8 Å². The maximum atomic E-state index is 12.9. The minimum atomic E-state index is -0.773. The van der Waals surface area contributed by atoms with Crippen LogP contribution in [0, 0.1) is 0 Å². The lowest BCUT2D eigenvalue weighted by molar-refractivity contribution is -0.137. The first-order chi connectivity index (χ1) is 18.4. The number of esters is 1. The number of ether oxygens (including phenoxy) is 2. The summed E-state index contributed by atoms with van der Waals surface area (Å²) in [5, 5.41) is 24.7. The number of unbranched alkanes of at least 4 members (excludes halogenated alkanes) is 1. The number of phenolic OH excluding ortho intramolecular Hbond substituents is 2. The van der Waals surface area contributed by atoms with E-state index in [4.69, 9.17) is 25.9 Å². The van der Waals surface area contributed by atoms with Gasteiger partial charge in [-0.15, -0.1) is 0 Å². The van der Waals surface area contributed by atoms with Crippen LogP contribution in [0.3, 0.4) is 0 Å². The van der Waals surface area contributed by atoms with E-state index in [1.165, 1.54) is 0 Å². The van der Waals surface area contributed by atoms with Crippen LogP contribution in [0.25, 0.3) is 0 Å². The summed E-state index contributed by atoms with van der Waals surface area (Å²) < 4.78 is 11.3. The van der Waals surface area contributed by atoms with Gasteiger partial charge in [-0.2, -0.15) is 0 Å². The molecule has 0 radical (unpaired) electrons. The Balaban J connectivity index is 1.88. The Labute approximate surface area is 228 Å². The smallest absolute Gasteiger partial charge is 0.342 e. The van der Waals surface area contributed by atoms with Crippen molar-refractivity contribution < 1.29 is 34.1 Å². The average molecular weight is 549 g/mol. The number of cyclic esters (lactones) is 1. The second-order valence-electron chi connectivity index (χ2n) is 9.31. The van der Waals surface area contributed by atoms with Crippen molar-refractivity contribution in [1.82, 2.24) is 4.90 Å². The molecule has 1 aromatic rings. The van der Waals surface area contributed by atoms with Crippen LogP contribution in [-0.4, -0.2) is 71.7 Å². The molecule has 10 heteroatoms. The third kappa shape index (κ3) is 8.77. The zero-order valence-electron chi connectivity index (χ0n) is 21.9. The number of oxime groups is 1. The normalized spacial score (nSPS) is 21.7. The van der Waals surface area contributed by atoms with Gasteiger partial charge in [-0.1, -0.05) is 48.3 Å². The first-order valence-corrected chi connectivity index (χ1v) is 13.6. The van der Waals surface area contributed by atoms with Crippen molar-refractivity contribution >= 4 is 29.2 Å². The zero-order valence-corrected chi connectivity index (χ0v) is 22.6. The number of benzene rings is 1. The molecule has 1 atom stereocenters. The fraction of sp³-hybridized carbons (Fsp3) is 0.536. The molecule has 2 aliphatic rings. The van der Waals surface area contributed by atoms with E-state index < -0.39 is 11.7 Å². The maximum absolute atomic E-state index is 12.9. The van der Waals surface area contributed by atoms with Gasteiger partial charge in [0.2, 0.25) is 0 Å². The second kappa shape index (κ2) is 15.4. The number of amides is 1. The summed E-state index contributed by atoms with van der Waals surface area (Å²) in [6.07, 6.45) is 13.2. The molecule has 2 N–H and O–H groups in total. The third-order valence-corrected chi connectivity index (χ3v) is 6.76. The zero-order chi connectivity index (χ0) is 27.3. The van der Waals surface area contributed by atoms with E-state index in [2.05, 4.69) is 12.1 Å². The molecule has 2 heterocycles. The van der Waals surface area contributed by atoms with Crippen molar-refractivity contribution in [3.63, 3.8) is 0 Å². The number of carbonyl (C=O) groups excluding carboxylic acids is 2. The number of hydrogen-bond donors (Lipinski definition) is 2. The summed E-state index contributed by atoms with van der Waals surface area (Å²) in [6, 6.07) is 1.00. The van der Waals surface area contributed by atoms with Crippen LogP contribution in [0.2, 0.25) is 5.02 Å². The molecule has 3 rings (SSSR count). The molecule has 1 unspecified atom stereocenters. The number of fused-ring (bicyclic) bond motifs is 1. The quantitative estimate of drug-likeness (QED) is 0.215. The van der Waals surface area contributed by atoms with Crippen molar-refractivity contribution in [1.29, 1.82) is 0 Å². The number of hydrogen-bond acceptors (Lipinski definition) is 8. The number of rotatable bonds is 7. The van der Waals surface area contributed by atoms with Crippen molar-refractivity contribution in [2.75, 3.05) is 32.9 Å². The Bertz CT molecular complexity index is 1050. The summed E-state index contributed by atoms with van der Waals surface area (Å²) in [5.41, 5.74) is 0.331. The fourth-order valence-electron chi connectivity index (χ4n) is 4.24. The number of nitrogens with zero attached hydrogens (tertiary/aromatic N) is 2. The van der Waals surface area contributed by atoms with Gasteiger partial charge in [-0.25, -0.2) is 4.79 Å². The highest BCUT2D eigenvalue weighted by atomic mass is 35.5. The molecule has 1 aromatic carbocycles. The predicted octanol–water partition coefficient (Wildman–Crippen LogP) is 4.93. The first kappa shape index (κ1) is 29.5. The Morgan fingerprint density at radius 2 is 2.00 bits per heavy atom. The number of phenols is 2. The van der Waals surface area contributed by atoms with Gasteiger partial charge in [0.1, 0.15) is 17.1 Å². The molecule has 9 nitrogen and oxygen atoms in total. The summed E-state index contributed by atoms with van der Waals surface area (Å²) in [5.74, 6) is -1.76. The monoisotopic (exact) mass is 548 g/mol. The van der Waals surface area contributed by atoms with Crippen LogP contribution in [0.4, 0.5) is 0 Å². The van der Waals surface area contributed by atoms with E-state index in [9.17, 15) is 19.8 Å². The van der Waals surface area contributed by atoms with E-state index in [-0.39, 0.29) is 53.5 Å². The molecular formula is C28H37ClN2O7. The Morgan fingerprint density at radius 3 is 2.76 bits per heavy atom. The molecule has 0 saturated carbocycles. The first-order valence-electron chi connectivity index (χ1n) is 13.2. The maximum Gasteiger partial charge on any atom is 0.342 e. The molecule has 0 bridgehead atoms. The van der Waals surface area contributed by atoms with Crippen LogP contribution in [0.5, 0.6) is 11.5 Å². The van der Waals surface area contributed by atoms with Gasteiger partial charge in [0.05, 0.1) is 23.4 Å². The standard InChI is InChI=1S/C28H37ClN2O7/c1-2-3-15-36-21-11-5-8-16-37-28(35)26-22(27(29)24(33)18-23(26)32)17-20(10-9-12-21)30-38-19-25(34)31-13-6-4-7-14-31/h5,9-11,18,21,32-33H,2-4,6-8,12-17,19H2,1H3/b10-9+,11-5+,30-20+. The summed E-state index contributed by atoms with van der Waals surface area (Å²) in [7, 11) is 0. The van der Waals surface area contributed by atoms with Crippen LogP contribution < -0.4 is 0 Å².